The first-order valence-electron chi connectivity index (χ1n) is 6.32. The van der Waals surface area contributed by atoms with Crippen LogP contribution in [0.2, 0.25) is 10.0 Å². The number of amides is 1. The molecule has 5 nitrogen and oxygen atoms in total. The molecule has 0 aliphatic rings. The molecule has 7 heteroatoms. The van der Waals surface area contributed by atoms with E-state index in [9.17, 15) is 4.79 Å². The van der Waals surface area contributed by atoms with Crippen molar-refractivity contribution in [3.8, 4) is 0 Å². The quantitative estimate of drug-likeness (QED) is 0.900. The number of rotatable bonds is 4. The molecule has 0 aliphatic heterocycles. The fourth-order valence-corrected chi connectivity index (χ4v) is 2.16. The average molecular weight is 325 g/mol. The van der Waals surface area contributed by atoms with Crippen molar-refractivity contribution < 1.29 is 4.79 Å². The first-order valence-corrected chi connectivity index (χ1v) is 7.07. The molecule has 2 aromatic rings. The lowest BCUT2D eigenvalue weighted by Crippen LogP contribution is -2.30. The monoisotopic (exact) mass is 324 g/mol. The van der Waals surface area contributed by atoms with E-state index >= 15 is 0 Å². The SMILES string of the molecule is CC(C)NC(=O)c1ccc(Nc2cc(Cl)cc(Cl)c2)nn1. The molecular weight excluding hydrogens is 311 g/mol. The molecule has 0 radical (unpaired) electrons. The molecule has 0 aliphatic carbocycles. The van der Waals surface area contributed by atoms with E-state index in [1.54, 1.807) is 30.3 Å². The Hall–Kier alpha value is -1.85. The molecule has 110 valence electrons. The maximum absolute atomic E-state index is 11.7. The minimum Gasteiger partial charge on any atom is -0.348 e. The van der Waals surface area contributed by atoms with Gasteiger partial charge in [0.2, 0.25) is 0 Å². The van der Waals surface area contributed by atoms with Crippen molar-refractivity contribution in [3.05, 3.63) is 46.1 Å². The summed E-state index contributed by atoms with van der Waals surface area (Å²) >= 11 is 11.8. The van der Waals surface area contributed by atoms with E-state index in [1.165, 1.54) is 0 Å². The Balaban J connectivity index is 2.10. The highest BCUT2D eigenvalue weighted by Crippen LogP contribution is 2.24. The summed E-state index contributed by atoms with van der Waals surface area (Å²) < 4.78 is 0. The zero-order chi connectivity index (χ0) is 15.4. The van der Waals surface area contributed by atoms with E-state index in [0.29, 0.717) is 21.6 Å². The predicted molar refractivity (Wildman–Crippen MR) is 84.4 cm³/mol. The van der Waals surface area contributed by atoms with Gasteiger partial charge in [0, 0.05) is 21.8 Å². The van der Waals surface area contributed by atoms with E-state index in [4.69, 9.17) is 23.2 Å². The van der Waals surface area contributed by atoms with Crippen molar-refractivity contribution in [2.45, 2.75) is 19.9 Å². The molecule has 1 amide bonds. The highest BCUT2D eigenvalue weighted by atomic mass is 35.5. The first kappa shape index (κ1) is 15.5. The molecule has 0 fully saturated rings. The van der Waals surface area contributed by atoms with Crippen molar-refractivity contribution >= 4 is 40.6 Å². The molecule has 0 saturated heterocycles. The minimum absolute atomic E-state index is 0.0469. The largest absolute Gasteiger partial charge is 0.348 e. The number of benzene rings is 1. The van der Waals surface area contributed by atoms with Gasteiger partial charge >= 0.3 is 0 Å². The van der Waals surface area contributed by atoms with Gasteiger partial charge in [0.25, 0.3) is 5.91 Å². The number of anilines is 2. The summed E-state index contributed by atoms with van der Waals surface area (Å²) in [6, 6.07) is 8.38. The highest BCUT2D eigenvalue weighted by molar-refractivity contribution is 6.35. The number of aromatic nitrogens is 2. The van der Waals surface area contributed by atoms with Crippen LogP contribution in [-0.2, 0) is 0 Å². The average Bonchev–Trinajstić information content (AvgIpc) is 2.37. The summed E-state index contributed by atoms with van der Waals surface area (Å²) in [4.78, 5) is 11.7. The Bertz CT molecular complexity index is 624. The third-order valence-electron chi connectivity index (χ3n) is 2.45. The molecule has 2 rings (SSSR count). The number of hydrogen-bond acceptors (Lipinski definition) is 4. The summed E-state index contributed by atoms with van der Waals surface area (Å²) in [6.07, 6.45) is 0. The second kappa shape index (κ2) is 6.74. The van der Waals surface area contributed by atoms with Crippen molar-refractivity contribution in [1.82, 2.24) is 15.5 Å². The van der Waals surface area contributed by atoms with Gasteiger partial charge < -0.3 is 10.6 Å². The lowest BCUT2D eigenvalue weighted by Gasteiger charge is -2.08. The molecule has 0 saturated carbocycles. The second-order valence-corrected chi connectivity index (χ2v) is 5.59. The van der Waals surface area contributed by atoms with Crippen LogP contribution in [0.4, 0.5) is 11.5 Å². The zero-order valence-corrected chi connectivity index (χ0v) is 13.0. The number of halogens is 2. The molecule has 1 heterocycles. The van der Waals surface area contributed by atoms with Crippen molar-refractivity contribution in [1.29, 1.82) is 0 Å². The third kappa shape index (κ3) is 4.58. The Morgan fingerprint density at radius 1 is 1.10 bits per heavy atom. The van der Waals surface area contributed by atoms with Crippen LogP contribution < -0.4 is 10.6 Å². The highest BCUT2D eigenvalue weighted by Gasteiger charge is 2.09. The Labute approximate surface area is 132 Å². The van der Waals surface area contributed by atoms with E-state index < -0.39 is 0 Å². The van der Waals surface area contributed by atoms with Gasteiger partial charge in [-0.1, -0.05) is 23.2 Å². The fourth-order valence-electron chi connectivity index (χ4n) is 1.63. The molecule has 21 heavy (non-hydrogen) atoms. The molecular formula is C14H14Cl2N4O. The molecule has 2 N–H and O–H groups in total. The second-order valence-electron chi connectivity index (χ2n) is 4.72. The van der Waals surface area contributed by atoms with Gasteiger partial charge in [-0.3, -0.25) is 4.79 Å². The standard InChI is InChI=1S/C14H14Cl2N4O/c1-8(2)17-14(21)12-3-4-13(20-19-12)18-11-6-9(15)5-10(16)7-11/h3-8H,1-2H3,(H,17,21)(H,18,20). The van der Waals surface area contributed by atoms with Gasteiger partial charge in [-0.05, 0) is 44.2 Å². The molecule has 0 atom stereocenters. The minimum atomic E-state index is -0.255. The van der Waals surface area contributed by atoms with Crippen molar-refractivity contribution in [2.24, 2.45) is 0 Å². The smallest absolute Gasteiger partial charge is 0.271 e. The Morgan fingerprint density at radius 3 is 2.29 bits per heavy atom. The number of carbonyl (C=O) groups is 1. The van der Waals surface area contributed by atoms with E-state index in [1.807, 2.05) is 13.8 Å². The van der Waals surface area contributed by atoms with Crippen LogP contribution in [0.3, 0.4) is 0 Å². The number of nitrogens with one attached hydrogen (secondary N) is 2. The number of nitrogens with zero attached hydrogens (tertiary/aromatic N) is 2. The van der Waals surface area contributed by atoms with Crippen LogP contribution in [0.5, 0.6) is 0 Å². The lowest BCUT2D eigenvalue weighted by atomic mass is 10.3. The van der Waals surface area contributed by atoms with Crippen molar-refractivity contribution in [2.75, 3.05) is 5.32 Å². The predicted octanol–water partition coefficient (Wildman–Crippen LogP) is 3.67. The summed E-state index contributed by atoms with van der Waals surface area (Å²) in [6.45, 7) is 3.76. The molecule has 0 unspecified atom stereocenters. The van der Waals surface area contributed by atoms with Gasteiger partial charge in [-0.25, -0.2) is 0 Å². The van der Waals surface area contributed by atoms with Crippen LogP contribution in [0, 0.1) is 0 Å². The summed E-state index contributed by atoms with van der Waals surface area (Å²) in [5.74, 6) is 0.240. The maximum atomic E-state index is 11.7. The molecule has 0 bridgehead atoms. The van der Waals surface area contributed by atoms with E-state index in [2.05, 4.69) is 20.8 Å². The van der Waals surface area contributed by atoms with E-state index in [-0.39, 0.29) is 17.6 Å². The van der Waals surface area contributed by atoms with Gasteiger partial charge in [-0.15, -0.1) is 10.2 Å². The normalized spacial score (nSPS) is 10.5. The zero-order valence-electron chi connectivity index (χ0n) is 11.5. The Kier molecular flexibility index (Phi) is 4.98. The van der Waals surface area contributed by atoms with E-state index in [0.717, 1.165) is 0 Å². The maximum Gasteiger partial charge on any atom is 0.271 e. The van der Waals surface area contributed by atoms with Gasteiger partial charge in [-0.2, -0.15) is 0 Å². The summed E-state index contributed by atoms with van der Waals surface area (Å²) in [7, 11) is 0. The third-order valence-corrected chi connectivity index (χ3v) is 2.89. The Morgan fingerprint density at radius 2 is 1.76 bits per heavy atom. The topological polar surface area (TPSA) is 66.9 Å². The van der Waals surface area contributed by atoms with Gasteiger partial charge in [0.15, 0.2) is 11.5 Å². The number of hydrogen-bond donors (Lipinski definition) is 2. The van der Waals surface area contributed by atoms with Crippen LogP contribution >= 0.6 is 23.2 Å². The van der Waals surface area contributed by atoms with Crippen LogP contribution in [0.1, 0.15) is 24.3 Å². The molecule has 1 aromatic carbocycles. The summed E-state index contributed by atoms with van der Waals surface area (Å²) in [5.41, 5.74) is 0.958. The van der Waals surface area contributed by atoms with Gasteiger partial charge in [0.1, 0.15) is 0 Å². The molecule has 0 spiro atoms. The van der Waals surface area contributed by atoms with Crippen LogP contribution in [0.15, 0.2) is 30.3 Å². The van der Waals surface area contributed by atoms with Gasteiger partial charge in [0.05, 0.1) is 0 Å². The lowest BCUT2D eigenvalue weighted by molar-refractivity contribution is 0.0937. The number of carbonyl (C=O) groups excluding carboxylic acids is 1. The summed E-state index contributed by atoms with van der Waals surface area (Å²) in [5, 5.41) is 14.6. The van der Waals surface area contributed by atoms with Crippen LogP contribution in [0.25, 0.3) is 0 Å². The first-order chi connectivity index (χ1) is 9.94. The fraction of sp³-hybridized carbons (Fsp3) is 0.214. The van der Waals surface area contributed by atoms with Crippen molar-refractivity contribution in [3.63, 3.8) is 0 Å². The molecule has 1 aromatic heterocycles. The van der Waals surface area contributed by atoms with Crippen LogP contribution in [-0.4, -0.2) is 22.1 Å².